The SMILES string of the molecule is Cc1ccc2nsnc2c1NCC(O)CO. The molecule has 0 aliphatic heterocycles. The van der Waals surface area contributed by atoms with Gasteiger partial charge in [-0.05, 0) is 18.6 Å². The molecule has 0 amide bonds. The van der Waals surface area contributed by atoms with Gasteiger partial charge in [0.2, 0.25) is 0 Å². The molecule has 6 heteroatoms. The van der Waals surface area contributed by atoms with Crippen molar-refractivity contribution in [2.45, 2.75) is 13.0 Å². The summed E-state index contributed by atoms with van der Waals surface area (Å²) in [5.74, 6) is 0. The number of nitrogens with zero attached hydrogens (tertiary/aromatic N) is 2. The Morgan fingerprint density at radius 2 is 2.25 bits per heavy atom. The Balaban J connectivity index is 2.27. The monoisotopic (exact) mass is 239 g/mol. The van der Waals surface area contributed by atoms with Gasteiger partial charge >= 0.3 is 0 Å². The molecule has 1 unspecified atom stereocenters. The predicted octanol–water partition coefficient (Wildman–Crippen LogP) is 0.765. The molecular formula is C10H13N3O2S. The van der Waals surface area contributed by atoms with Crippen LogP contribution in [0.5, 0.6) is 0 Å². The second-order valence-electron chi connectivity index (χ2n) is 3.61. The molecule has 3 N–H and O–H groups in total. The van der Waals surface area contributed by atoms with E-state index in [1.165, 1.54) is 0 Å². The molecule has 0 aliphatic rings. The topological polar surface area (TPSA) is 78.3 Å². The van der Waals surface area contributed by atoms with Gasteiger partial charge in [0.05, 0.1) is 30.1 Å². The third-order valence-electron chi connectivity index (χ3n) is 2.36. The van der Waals surface area contributed by atoms with Crippen molar-refractivity contribution in [1.82, 2.24) is 8.75 Å². The number of hydrogen-bond donors (Lipinski definition) is 3. The molecule has 0 saturated heterocycles. The molecule has 1 heterocycles. The van der Waals surface area contributed by atoms with E-state index in [0.29, 0.717) is 6.54 Å². The van der Waals surface area contributed by atoms with Gasteiger partial charge in [0, 0.05) is 6.54 Å². The summed E-state index contributed by atoms with van der Waals surface area (Å²) in [6.07, 6.45) is -0.763. The van der Waals surface area contributed by atoms with Gasteiger partial charge in [-0.15, -0.1) is 0 Å². The van der Waals surface area contributed by atoms with Gasteiger partial charge < -0.3 is 15.5 Å². The molecule has 0 spiro atoms. The standard InChI is InChI=1S/C10H13N3O2S/c1-6-2-3-8-10(13-16-12-8)9(6)11-4-7(15)5-14/h2-3,7,11,14-15H,4-5H2,1H3. The van der Waals surface area contributed by atoms with Gasteiger partial charge in [0.15, 0.2) is 0 Å². The lowest BCUT2D eigenvalue weighted by molar-refractivity contribution is 0.105. The van der Waals surface area contributed by atoms with E-state index in [9.17, 15) is 5.11 Å². The van der Waals surface area contributed by atoms with Crippen LogP contribution in [0.3, 0.4) is 0 Å². The Hall–Kier alpha value is -1.24. The number of aliphatic hydroxyl groups is 2. The van der Waals surface area contributed by atoms with Gasteiger partial charge in [-0.2, -0.15) is 8.75 Å². The van der Waals surface area contributed by atoms with Gasteiger partial charge in [0.25, 0.3) is 0 Å². The summed E-state index contributed by atoms with van der Waals surface area (Å²) in [4.78, 5) is 0. The average Bonchev–Trinajstić information content (AvgIpc) is 2.75. The Bertz CT molecular complexity index is 486. The molecule has 0 radical (unpaired) electrons. The summed E-state index contributed by atoms with van der Waals surface area (Å²) in [5, 5.41) is 21.1. The summed E-state index contributed by atoms with van der Waals surface area (Å²) in [6, 6.07) is 3.87. The Morgan fingerprint density at radius 1 is 1.44 bits per heavy atom. The van der Waals surface area contributed by atoms with Crippen LogP contribution in [0.25, 0.3) is 11.0 Å². The van der Waals surface area contributed by atoms with Gasteiger partial charge in [-0.1, -0.05) is 6.07 Å². The minimum atomic E-state index is -0.763. The van der Waals surface area contributed by atoms with Crippen LogP contribution in [-0.4, -0.2) is 38.2 Å². The van der Waals surface area contributed by atoms with Crippen LogP contribution in [0.4, 0.5) is 5.69 Å². The fourth-order valence-corrected chi connectivity index (χ4v) is 2.00. The van der Waals surface area contributed by atoms with E-state index in [4.69, 9.17) is 5.11 Å². The first-order valence-corrected chi connectivity index (χ1v) is 5.70. The molecule has 0 aliphatic carbocycles. The zero-order chi connectivity index (χ0) is 11.5. The van der Waals surface area contributed by atoms with E-state index < -0.39 is 6.10 Å². The number of hydrogen-bond acceptors (Lipinski definition) is 6. The molecule has 2 aromatic rings. The maximum Gasteiger partial charge on any atom is 0.128 e. The summed E-state index contributed by atoms with van der Waals surface area (Å²) >= 11 is 1.16. The number of aryl methyl sites for hydroxylation is 1. The average molecular weight is 239 g/mol. The molecule has 0 saturated carbocycles. The lowest BCUT2D eigenvalue weighted by atomic mass is 10.1. The number of benzene rings is 1. The number of nitrogens with one attached hydrogen (secondary N) is 1. The molecule has 16 heavy (non-hydrogen) atoms. The van der Waals surface area contributed by atoms with Crippen LogP contribution >= 0.6 is 11.7 Å². The minimum absolute atomic E-state index is 0.253. The highest BCUT2D eigenvalue weighted by atomic mass is 32.1. The molecular weight excluding hydrogens is 226 g/mol. The van der Waals surface area contributed by atoms with Crippen molar-refractivity contribution in [3.63, 3.8) is 0 Å². The largest absolute Gasteiger partial charge is 0.394 e. The van der Waals surface area contributed by atoms with E-state index in [0.717, 1.165) is 34.0 Å². The van der Waals surface area contributed by atoms with Crippen LogP contribution in [-0.2, 0) is 0 Å². The molecule has 1 aromatic heterocycles. The third-order valence-corrected chi connectivity index (χ3v) is 2.90. The summed E-state index contributed by atoms with van der Waals surface area (Å²) in [5.41, 5.74) is 3.58. The van der Waals surface area contributed by atoms with Gasteiger partial charge in [0.1, 0.15) is 11.0 Å². The number of anilines is 1. The minimum Gasteiger partial charge on any atom is -0.394 e. The van der Waals surface area contributed by atoms with E-state index >= 15 is 0 Å². The molecule has 2 rings (SSSR count). The summed E-state index contributed by atoms with van der Waals surface area (Å²) in [6.45, 7) is 2.01. The van der Waals surface area contributed by atoms with Crippen molar-refractivity contribution in [3.05, 3.63) is 17.7 Å². The normalized spacial score (nSPS) is 12.9. The summed E-state index contributed by atoms with van der Waals surface area (Å²) < 4.78 is 8.35. The van der Waals surface area contributed by atoms with Crippen molar-refractivity contribution in [2.75, 3.05) is 18.5 Å². The number of aliphatic hydroxyl groups excluding tert-OH is 2. The van der Waals surface area contributed by atoms with E-state index in [1.54, 1.807) is 0 Å². The van der Waals surface area contributed by atoms with Crippen LogP contribution < -0.4 is 5.32 Å². The van der Waals surface area contributed by atoms with E-state index in [2.05, 4.69) is 14.1 Å². The highest BCUT2D eigenvalue weighted by molar-refractivity contribution is 7.00. The fourth-order valence-electron chi connectivity index (χ4n) is 1.46. The lowest BCUT2D eigenvalue weighted by Crippen LogP contribution is -2.23. The van der Waals surface area contributed by atoms with E-state index in [1.807, 2.05) is 19.1 Å². The van der Waals surface area contributed by atoms with Gasteiger partial charge in [-0.25, -0.2) is 0 Å². The maximum absolute atomic E-state index is 9.29. The zero-order valence-corrected chi connectivity index (χ0v) is 9.66. The first-order chi connectivity index (χ1) is 7.72. The van der Waals surface area contributed by atoms with Crippen molar-refractivity contribution in [2.24, 2.45) is 0 Å². The number of aromatic nitrogens is 2. The van der Waals surface area contributed by atoms with Crippen LogP contribution in [0.1, 0.15) is 5.56 Å². The molecule has 1 aromatic carbocycles. The Labute approximate surface area is 97.1 Å². The second-order valence-corrected chi connectivity index (χ2v) is 4.14. The van der Waals surface area contributed by atoms with Crippen molar-refractivity contribution < 1.29 is 10.2 Å². The van der Waals surface area contributed by atoms with Crippen molar-refractivity contribution in [3.8, 4) is 0 Å². The third kappa shape index (κ3) is 2.13. The molecule has 86 valence electrons. The molecule has 0 fully saturated rings. The smallest absolute Gasteiger partial charge is 0.128 e. The Kier molecular flexibility index (Phi) is 3.33. The summed E-state index contributed by atoms with van der Waals surface area (Å²) in [7, 11) is 0. The molecule has 1 atom stereocenters. The lowest BCUT2D eigenvalue weighted by Gasteiger charge is -2.12. The number of fused-ring (bicyclic) bond motifs is 1. The Morgan fingerprint density at radius 3 is 3.00 bits per heavy atom. The number of rotatable bonds is 4. The highest BCUT2D eigenvalue weighted by Gasteiger charge is 2.09. The second kappa shape index (κ2) is 4.73. The quantitative estimate of drug-likeness (QED) is 0.734. The zero-order valence-electron chi connectivity index (χ0n) is 8.84. The van der Waals surface area contributed by atoms with Crippen LogP contribution in [0.15, 0.2) is 12.1 Å². The first-order valence-electron chi connectivity index (χ1n) is 4.97. The molecule has 5 nitrogen and oxygen atoms in total. The van der Waals surface area contributed by atoms with Crippen LogP contribution in [0.2, 0.25) is 0 Å². The van der Waals surface area contributed by atoms with Crippen LogP contribution in [0, 0.1) is 6.92 Å². The van der Waals surface area contributed by atoms with Crippen molar-refractivity contribution >= 4 is 28.4 Å². The highest BCUT2D eigenvalue weighted by Crippen LogP contribution is 2.25. The van der Waals surface area contributed by atoms with Gasteiger partial charge in [-0.3, -0.25) is 0 Å². The molecule has 0 bridgehead atoms. The van der Waals surface area contributed by atoms with Crippen molar-refractivity contribution in [1.29, 1.82) is 0 Å². The fraction of sp³-hybridized carbons (Fsp3) is 0.400. The maximum atomic E-state index is 9.29. The first kappa shape index (κ1) is 11.3. The van der Waals surface area contributed by atoms with E-state index in [-0.39, 0.29) is 6.61 Å². The predicted molar refractivity (Wildman–Crippen MR) is 63.7 cm³/mol.